The first-order chi connectivity index (χ1) is 15.2. The average molecular weight is 403 g/mol. The van der Waals surface area contributed by atoms with E-state index in [-0.39, 0.29) is 12.1 Å². The number of anilines is 1. The summed E-state index contributed by atoms with van der Waals surface area (Å²) in [6, 6.07) is 39.0. The van der Waals surface area contributed by atoms with Gasteiger partial charge in [0.25, 0.3) is 0 Å². The highest BCUT2D eigenvalue weighted by atomic mass is 15.3. The summed E-state index contributed by atoms with van der Waals surface area (Å²) in [5.74, 6) is 0. The van der Waals surface area contributed by atoms with Crippen LogP contribution in [0.2, 0.25) is 0 Å². The van der Waals surface area contributed by atoms with Crippen LogP contribution in [-0.4, -0.2) is 23.0 Å². The van der Waals surface area contributed by atoms with Gasteiger partial charge < -0.3 is 9.48 Å². The van der Waals surface area contributed by atoms with Crippen molar-refractivity contribution in [2.24, 2.45) is 0 Å². The normalized spacial score (nSPS) is 18.1. The second-order valence-electron chi connectivity index (χ2n) is 8.09. The Morgan fingerprint density at radius 2 is 1.13 bits per heavy atom. The Morgan fingerprint density at radius 1 is 0.613 bits per heavy atom. The van der Waals surface area contributed by atoms with Gasteiger partial charge in [-0.05, 0) is 36.1 Å². The van der Waals surface area contributed by atoms with Gasteiger partial charge in [0.15, 0.2) is 0 Å². The number of benzene rings is 4. The molecule has 2 nitrogen and oxygen atoms in total. The van der Waals surface area contributed by atoms with Crippen molar-refractivity contribution in [3.05, 3.63) is 109 Å². The maximum absolute atomic E-state index is 3.71. The van der Waals surface area contributed by atoms with Crippen LogP contribution in [0.5, 0.6) is 0 Å². The molecule has 2 atom stereocenters. The molecular weight excluding hydrogens is 376 g/mol. The van der Waals surface area contributed by atoms with Crippen LogP contribution >= 0.6 is 0 Å². The second-order valence-corrected chi connectivity index (χ2v) is 8.09. The van der Waals surface area contributed by atoms with Crippen molar-refractivity contribution in [3.8, 4) is 22.3 Å². The Morgan fingerprint density at radius 3 is 1.81 bits per heavy atom. The maximum atomic E-state index is 3.71. The minimum Gasteiger partial charge on any atom is -0.331 e. The lowest BCUT2D eigenvalue weighted by Crippen LogP contribution is -2.34. The lowest BCUT2D eigenvalue weighted by molar-refractivity contribution is -0.467. The lowest BCUT2D eigenvalue weighted by Gasteiger charge is -2.25. The van der Waals surface area contributed by atoms with Crippen LogP contribution in [-0.2, 0) is 0 Å². The van der Waals surface area contributed by atoms with Crippen LogP contribution in [0.3, 0.4) is 0 Å². The lowest BCUT2D eigenvalue weighted by atomic mass is 10.0. The number of nitrogens with zero attached hydrogens (tertiary/aromatic N) is 2. The van der Waals surface area contributed by atoms with Crippen LogP contribution in [0.25, 0.3) is 22.3 Å². The van der Waals surface area contributed by atoms with Gasteiger partial charge in [0.1, 0.15) is 12.1 Å². The highest BCUT2D eigenvalue weighted by Crippen LogP contribution is 2.37. The predicted octanol–water partition coefficient (Wildman–Crippen LogP) is 6.87. The Balaban J connectivity index is 1.61. The quantitative estimate of drug-likeness (QED) is 0.267. The number of hydrogen-bond donors (Lipinski definition) is 0. The first-order valence-corrected chi connectivity index (χ1v) is 10.9. The molecule has 0 saturated carbocycles. The topological polar surface area (TPSA) is 6.25 Å². The molecule has 0 saturated heterocycles. The van der Waals surface area contributed by atoms with Gasteiger partial charge in [-0.2, -0.15) is 0 Å². The van der Waals surface area contributed by atoms with E-state index < -0.39 is 0 Å². The molecule has 0 bridgehead atoms. The molecule has 4 aromatic rings. The van der Waals surface area contributed by atoms with Crippen LogP contribution in [0.1, 0.15) is 13.8 Å². The number of para-hydroxylation sites is 2. The van der Waals surface area contributed by atoms with E-state index in [1.807, 2.05) is 0 Å². The largest absolute Gasteiger partial charge is 0.331 e. The zero-order valence-electron chi connectivity index (χ0n) is 17.9. The minimum absolute atomic E-state index is 0.286. The first kappa shape index (κ1) is 19.3. The van der Waals surface area contributed by atoms with Crippen molar-refractivity contribution >= 4 is 17.7 Å². The molecule has 4 aromatic carbocycles. The van der Waals surface area contributed by atoms with Crippen molar-refractivity contribution < 1.29 is 4.58 Å². The molecular formula is C29H26N2. The number of rotatable bonds is 4. The molecule has 1 heterocycles. The molecule has 0 N–H and O–H groups in total. The van der Waals surface area contributed by atoms with Gasteiger partial charge >= 0.3 is 0 Å². The van der Waals surface area contributed by atoms with E-state index in [2.05, 4.69) is 139 Å². The van der Waals surface area contributed by atoms with Gasteiger partial charge in [-0.15, -0.1) is 0 Å². The summed E-state index contributed by atoms with van der Waals surface area (Å²) in [7, 11) is 0. The first-order valence-electron chi connectivity index (χ1n) is 10.9. The van der Waals surface area contributed by atoms with Crippen LogP contribution < -0.4 is 4.90 Å². The standard InChI is InChI=1S/C29H26N2/c1-22-23(2)31(29-20-12-10-18-27(29)25-15-7-4-8-16-25)21-30(22)28-19-11-9-17-26(28)24-13-5-3-6-14-24/h3-20,22-23H,1-2H3/t22-,23+. The van der Waals surface area contributed by atoms with Crippen LogP contribution in [0.4, 0.5) is 11.4 Å². The van der Waals surface area contributed by atoms with Crippen molar-refractivity contribution in [1.29, 1.82) is 0 Å². The summed E-state index contributed by atoms with van der Waals surface area (Å²) in [6.45, 7) is 4.56. The molecule has 31 heavy (non-hydrogen) atoms. The van der Waals surface area contributed by atoms with E-state index in [1.165, 1.54) is 33.6 Å². The molecule has 0 aromatic heterocycles. The zero-order valence-corrected chi connectivity index (χ0v) is 17.9. The van der Waals surface area contributed by atoms with Crippen molar-refractivity contribution in [2.45, 2.75) is 25.9 Å². The molecule has 152 valence electrons. The van der Waals surface area contributed by atoms with E-state index in [0.29, 0.717) is 0 Å². The van der Waals surface area contributed by atoms with Crippen LogP contribution in [0, 0.1) is 0 Å². The molecule has 0 amide bonds. The number of hydrogen-bond acceptors (Lipinski definition) is 1. The predicted molar refractivity (Wildman–Crippen MR) is 130 cm³/mol. The van der Waals surface area contributed by atoms with Crippen LogP contribution in [0.15, 0.2) is 109 Å². The molecule has 0 spiro atoms. The van der Waals surface area contributed by atoms with Gasteiger partial charge in [0, 0.05) is 11.4 Å². The Bertz CT molecular complexity index is 1210. The fourth-order valence-corrected chi connectivity index (χ4v) is 4.37. The molecule has 0 unspecified atom stereocenters. The van der Waals surface area contributed by atoms with Gasteiger partial charge in [0.2, 0.25) is 6.34 Å². The highest BCUT2D eigenvalue weighted by molar-refractivity contribution is 5.89. The van der Waals surface area contributed by atoms with E-state index in [1.54, 1.807) is 0 Å². The Hall–Kier alpha value is -3.65. The highest BCUT2D eigenvalue weighted by Gasteiger charge is 2.33. The SMILES string of the molecule is C[C@@H]1[C@H](C)N(c2ccccc2-c2ccccc2)[C-]=[N+]1c1ccccc1-c1ccccc1. The maximum Gasteiger partial charge on any atom is 0.207 e. The molecule has 0 aliphatic carbocycles. The summed E-state index contributed by atoms with van der Waals surface area (Å²) >= 11 is 0. The fraction of sp³-hybridized carbons (Fsp3) is 0.138. The van der Waals surface area contributed by atoms with Gasteiger partial charge in [-0.1, -0.05) is 109 Å². The Labute approximate surface area is 184 Å². The van der Waals surface area contributed by atoms with E-state index in [9.17, 15) is 0 Å². The monoisotopic (exact) mass is 402 g/mol. The summed E-state index contributed by atoms with van der Waals surface area (Å²) < 4.78 is 2.30. The molecule has 1 aliphatic heterocycles. The third-order valence-corrected chi connectivity index (χ3v) is 6.22. The minimum atomic E-state index is 0.286. The van der Waals surface area contributed by atoms with Crippen molar-refractivity contribution in [1.82, 2.24) is 0 Å². The third kappa shape index (κ3) is 3.55. The molecule has 1 aliphatic rings. The molecule has 2 heteroatoms. The molecule has 0 fully saturated rings. The van der Waals surface area contributed by atoms with Gasteiger partial charge in [0.05, 0.1) is 0 Å². The van der Waals surface area contributed by atoms with Gasteiger partial charge in [-0.25, -0.2) is 0 Å². The fourth-order valence-electron chi connectivity index (χ4n) is 4.37. The molecule has 0 radical (unpaired) electrons. The third-order valence-electron chi connectivity index (χ3n) is 6.22. The van der Waals surface area contributed by atoms with Crippen molar-refractivity contribution in [3.63, 3.8) is 0 Å². The summed E-state index contributed by atoms with van der Waals surface area (Å²) in [5, 5.41) is 0. The van der Waals surface area contributed by atoms with E-state index in [0.717, 1.165) is 0 Å². The smallest absolute Gasteiger partial charge is 0.207 e. The van der Waals surface area contributed by atoms with Gasteiger partial charge in [-0.3, -0.25) is 0 Å². The van der Waals surface area contributed by atoms with E-state index in [4.69, 9.17) is 0 Å². The summed E-state index contributed by atoms with van der Waals surface area (Å²) in [5.41, 5.74) is 7.28. The summed E-state index contributed by atoms with van der Waals surface area (Å²) in [4.78, 5) is 2.30. The average Bonchev–Trinajstić information content (AvgIpc) is 3.14. The Kier molecular flexibility index (Phi) is 5.13. The molecule has 5 rings (SSSR count). The summed E-state index contributed by atoms with van der Waals surface area (Å²) in [6.07, 6.45) is 3.71. The van der Waals surface area contributed by atoms with E-state index >= 15 is 0 Å². The van der Waals surface area contributed by atoms with Crippen molar-refractivity contribution in [2.75, 3.05) is 4.90 Å². The second kappa shape index (κ2) is 8.23. The zero-order chi connectivity index (χ0) is 21.2.